The summed E-state index contributed by atoms with van der Waals surface area (Å²) < 4.78 is 13.7. The molecule has 6 nitrogen and oxygen atoms in total. The molecule has 10 heteroatoms. The number of carbonyl (C=O) groups is 2. The molecule has 0 saturated carbocycles. The lowest BCUT2D eigenvalue weighted by Crippen LogP contribution is -2.37. The van der Waals surface area contributed by atoms with E-state index in [0.29, 0.717) is 16.9 Å². The molecule has 4 rings (SSSR count). The highest BCUT2D eigenvalue weighted by molar-refractivity contribution is 7.16. The number of rotatable bonds is 6. The highest BCUT2D eigenvalue weighted by Gasteiger charge is 2.32. The largest absolute Gasteiger partial charge is 0.387 e. The average Bonchev–Trinajstić information content (AvgIpc) is 3.50. The number of nitrogens with zero attached hydrogens (tertiary/aromatic N) is 1. The van der Waals surface area contributed by atoms with Gasteiger partial charge in [0.25, 0.3) is 5.91 Å². The monoisotopic (exact) mass is 493 g/mol. The van der Waals surface area contributed by atoms with E-state index in [1.54, 1.807) is 0 Å². The molecule has 0 bridgehead atoms. The van der Waals surface area contributed by atoms with E-state index >= 15 is 0 Å². The molecule has 2 amide bonds. The lowest BCUT2D eigenvalue weighted by Gasteiger charge is -2.10. The van der Waals surface area contributed by atoms with Gasteiger partial charge >= 0.3 is 0 Å². The van der Waals surface area contributed by atoms with Crippen molar-refractivity contribution in [2.24, 2.45) is 5.16 Å². The Morgan fingerprint density at radius 1 is 1.25 bits per heavy atom. The standard InChI is InChI=1S/C22H18Cl2FN3O3S/c1-2-6-26-18(29)10-27-22(30)21-13-5-3-4-12(13)20(32-21)16-9-17(31-28-16)11-7-14(23)19(25)15(24)8-11/h1,7-8,17H,3-6,9-10H2,(H,26,29)(H,27,30). The second-order valence-corrected chi connectivity index (χ2v) is 9.20. The molecule has 1 aromatic heterocycles. The maximum atomic E-state index is 13.7. The summed E-state index contributed by atoms with van der Waals surface area (Å²) in [6, 6.07) is 2.96. The highest BCUT2D eigenvalue weighted by Crippen LogP contribution is 2.40. The quantitative estimate of drug-likeness (QED) is 0.470. The molecule has 2 aromatic rings. The molecule has 2 heterocycles. The summed E-state index contributed by atoms with van der Waals surface area (Å²) in [7, 11) is 0. The molecule has 1 aliphatic carbocycles. The van der Waals surface area contributed by atoms with Gasteiger partial charge in [0.1, 0.15) is 5.71 Å². The van der Waals surface area contributed by atoms with E-state index in [0.717, 1.165) is 41.0 Å². The van der Waals surface area contributed by atoms with Crippen LogP contribution in [0.1, 0.15) is 50.2 Å². The summed E-state index contributed by atoms with van der Waals surface area (Å²) in [5, 5.41) is 9.24. The fourth-order valence-corrected chi connectivity index (χ4v) is 5.60. The molecule has 0 radical (unpaired) electrons. The van der Waals surface area contributed by atoms with Crippen molar-refractivity contribution in [1.29, 1.82) is 0 Å². The fourth-order valence-electron chi connectivity index (χ4n) is 3.79. The van der Waals surface area contributed by atoms with Crippen LogP contribution in [0, 0.1) is 18.2 Å². The van der Waals surface area contributed by atoms with Gasteiger partial charge in [0.05, 0.1) is 32.9 Å². The number of halogens is 3. The first kappa shape index (κ1) is 22.6. The molecule has 0 saturated heterocycles. The van der Waals surface area contributed by atoms with Crippen molar-refractivity contribution in [3.63, 3.8) is 0 Å². The molecule has 0 fully saturated rings. The summed E-state index contributed by atoms with van der Waals surface area (Å²) >= 11 is 13.2. The normalized spacial score (nSPS) is 16.7. The lowest BCUT2D eigenvalue weighted by atomic mass is 10.0. The summed E-state index contributed by atoms with van der Waals surface area (Å²) in [6.45, 7) is -0.0422. The molecule has 166 valence electrons. The van der Waals surface area contributed by atoms with Crippen molar-refractivity contribution < 1.29 is 18.8 Å². The Morgan fingerprint density at radius 2 is 1.97 bits per heavy atom. The summed E-state index contributed by atoms with van der Waals surface area (Å²) in [4.78, 5) is 31.5. The molecule has 2 N–H and O–H groups in total. The lowest BCUT2D eigenvalue weighted by molar-refractivity contribution is -0.119. The van der Waals surface area contributed by atoms with Crippen LogP contribution in [0.15, 0.2) is 17.3 Å². The zero-order valence-electron chi connectivity index (χ0n) is 16.8. The maximum Gasteiger partial charge on any atom is 0.262 e. The van der Waals surface area contributed by atoms with Crippen molar-refractivity contribution in [1.82, 2.24) is 10.6 Å². The van der Waals surface area contributed by atoms with Crippen LogP contribution in [0.25, 0.3) is 0 Å². The Balaban J connectivity index is 1.50. The molecule has 1 aliphatic heterocycles. The first-order valence-electron chi connectivity index (χ1n) is 9.89. The van der Waals surface area contributed by atoms with Gasteiger partial charge in [-0.05, 0) is 48.1 Å². The Kier molecular flexibility index (Phi) is 6.70. The minimum atomic E-state index is -0.670. The van der Waals surface area contributed by atoms with E-state index < -0.39 is 11.9 Å². The number of benzene rings is 1. The first-order valence-corrected chi connectivity index (χ1v) is 11.5. The molecule has 2 aliphatic rings. The van der Waals surface area contributed by atoms with E-state index in [1.165, 1.54) is 23.5 Å². The van der Waals surface area contributed by atoms with E-state index in [1.807, 2.05) is 0 Å². The van der Waals surface area contributed by atoms with Gasteiger partial charge < -0.3 is 15.5 Å². The second kappa shape index (κ2) is 9.49. The summed E-state index contributed by atoms with van der Waals surface area (Å²) in [5.41, 5.74) is 3.44. The number of fused-ring (bicyclic) bond motifs is 1. The minimum Gasteiger partial charge on any atom is -0.387 e. The van der Waals surface area contributed by atoms with Crippen LogP contribution in [0.2, 0.25) is 10.0 Å². The van der Waals surface area contributed by atoms with E-state index in [-0.39, 0.29) is 34.9 Å². The molecule has 0 spiro atoms. The van der Waals surface area contributed by atoms with Crippen LogP contribution in [-0.2, 0) is 22.5 Å². The van der Waals surface area contributed by atoms with Crippen molar-refractivity contribution in [3.8, 4) is 12.3 Å². The highest BCUT2D eigenvalue weighted by atomic mass is 35.5. The third-order valence-electron chi connectivity index (χ3n) is 5.28. The number of thiophene rings is 1. The van der Waals surface area contributed by atoms with E-state index in [4.69, 9.17) is 34.5 Å². The Bertz CT molecular complexity index is 1150. The molecule has 1 aromatic carbocycles. The molecule has 1 atom stereocenters. The van der Waals surface area contributed by atoms with Crippen molar-refractivity contribution in [2.45, 2.75) is 31.8 Å². The maximum absolute atomic E-state index is 13.7. The molecule has 1 unspecified atom stereocenters. The molecule has 32 heavy (non-hydrogen) atoms. The third-order valence-corrected chi connectivity index (χ3v) is 7.15. The predicted molar refractivity (Wildman–Crippen MR) is 122 cm³/mol. The SMILES string of the molecule is C#CCNC(=O)CNC(=O)c1sc(C2=NOC(c3cc(Cl)c(F)c(Cl)c3)C2)c2c1CCC2. The van der Waals surface area contributed by atoms with Gasteiger partial charge in [-0.2, -0.15) is 0 Å². The van der Waals surface area contributed by atoms with Gasteiger partial charge in [0.15, 0.2) is 11.9 Å². The van der Waals surface area contributed by atoms with Crippen LogP contribution in [-0.4, -0.2) is 30.6 Å². The molecular weight excluding hydrogens is 476 g/mol. The number of hydrogen-bond donors (Lipinski definition) is 2. The number of hydrogen-bond acceptors (Lipinski definition) is 5. The average molecular weight is 494 g/mol. The van der Waals surface area contributed by atoms with Crippen LogP contribution < -0.4 is 10.6 Å². The van der Waals surface area contributed by atoms with Crippen LogP contribution in [0.3, 0.4) is 0 Å². The van der Waals surface area contributed by atoms with Gasteiger partial charge in [-0.25, -0.2) is 4.39 Å². The second-order valence-electron chi connectivity index (χ2n) is 7.37. The molecular formula is C22H18Cl2FN3O3S. The van der Waals surface area contributed by atoms with E-state index in [2.05, 4.69) is 21.7 Å². The first-order chi connectivity index (χ1) is 15.4. The Hall–Kier alpha value is -2.60. The van der Waals surface area contributed by atoms with Crippen molar-refractivity contribution in [2.75, 3.05) is 13.1 Å². The van der Waals surface area contributed by atoms with Gasteiger partial charge in [0, 0.05) is 6.42 Å². The van der Waals surface area contributed by atoms with Crippen LogP contribution in [0.5, 0.6) is 0 Å². The Morgan fingerprint density at radius 3 is 2.69 bits per heavy atom. The van der Waals surface area contributed by atoms with E-state index in [9.17, 15) is 14.0 Å². The Labute approximate surface area is 198 Å². The zero-order chi connectivity index (χ0) is 22.8. The number of nitrogens with one attached hydrogen (secondary N) is 2. The van der Waals surface area contributed by atoms with Crippen LogP contribution in [0.4, 0.5) is 4.39 Å². The summed E-state index contributed by atoms with van der Waals surface area (Å²) in [6.07, 6.45) is 7.68. The van der Waals surface area contributed by atoms with Gasteiger partial charge in [-0.3, -0.25) is 9.59 Å². The minimum absolute atomic E-state index is 0.0770. The number of amides is 2. The third kappa shape index (κ3) is 4.46. The number of terminal acetylenes is 1. The van der Waals surface area contributed by atoms with Gasteiger partial charge in [-0.1, -0.05) is 34.3 Å². The summed E-state index contributed by atoms with van der Waals surface area (Å²) in [5.74, 6) is 0.988. The smallest absolute Gasteiger partial charge is 0.262 e. The van der Waals surface area contributed by atoms with Gasteiger partial charge in [0.2, 0.25) is 5.91 Å². The van der Waals surface area contributed by atoms with Crippen LogP contribution >= 0.6 is 34.5 Å². The zero-order valence-corrected chi connectivity index (χ0v) is 19.1. The number of oxime groups is 1. The topological polar surface area (TPSA) is 79.8 Å². The van der Waals surface area contributed by atoms with Gasteiger partial charge in [-0.15, -0.1) is 17.8 Å². The predicted octanol–water partition coefficient (Wildman–Crippen LogP) is 4.03. The van der Waals surface area contributed by atoms with Crippen molar-refractivity contribution in [3.05, 3.63) is 54.4 Å². The number of carbonyl (C=O) groups excluding carboxylic acids is 2. The van der Waals surface area contributed by atoms with Crippen molar-refractivity contribution >= 4 is 52.1 Å². The fraction of sp³-hybridized carbons (Fsp3) is 0.318.